The lowest BCUT2D eigenvalue weighted by molar-refractivity contribution is 0.0693. The van der Waals surface area contributed by atoms with Crippen molar-refractivity contribution in [2.24, 2.45) is 0 Å². The van der Waals surface area contributed by atoms with E-state index >= 15 is 0 Å². The van der Waals surface area contributed by atoms with Gasteiger partial charge in [0.05, 0.1) is 34.8 Å². The Morgan fingerprint density at radius 1 is 1.19 bits per heavy atom. The molecule has 0 aliphatic carbocycles. The molecule has 4 nitrogen and oxygen atoms in total. The number of nitrogens with zero attached hydrogens (tertiary/aromatic N) is 1. The van der Waals surface area contributed by atoms with E-state index in [0.717, 1.165) is 33.7 Å². The van der Waals surface area contributed by atoms with E-state index in [0.29, 0.717) is 41.4 Å². The standard InChI is InChI=1S/C19H18BrCl2NO3S/c1-24-17-10-13(19(27)23-4-6-25-7-5-23)9-14(20)18(17)26-11-12-2-3-15(21)16(22)8-12/h2-3,8-10H,4-7,11H2,1H3. The van der Waals surface area contributed by atoms with Crippen molar-refractivity contribution in [3.63, 3.8) is 0 Å². The predicted molar refractivity (Wildman–Crippen MR) is 116 cm³/mol. The van der Waals surface area contributed by atoms with E-state index in [9.17, 15) is 0 Å². The van der Waals surface area contributed by atoms with Gasteiger partial charge in [0.15, 0.2) is 11.5 Å². The molecule has 0 aromatic heterocycles. The molecule has 0 atom stereocenters. The minimum Gasteiger partial charge on any atom is -0.493 e. The lowest BCUT2D eigenvalue weighted by atomic mass is 10.1. The Bertz CT molecular complexity index is 844. The van der Waals surface area contributed by atoms with Crippen LogP contribution in [0.4, 0.5) is 0 Å². The van der Waals surface area contributed by atoms with Crippen LogP contribution in [0.1, 0.15) is 11.1 Å². The molecular formula is C19H18BrCl2NO3S. The second-order valence-corrected chi connectivity index (χ2v) is 7.99. The molecule has 1 saturated heterocycles. The number of halogens is 3. The zero-order valence-corrected chi connectivity index (χ0v) is 18.6. The average molecular weight is 491 g/mol. The summed E-state index contributed by atoms with van der Waals surface area (Å²) in [6.07, 6.45) is 0. The maximum absolute atomic E-state index is 6.07. The first-order valence-corrected chi connectivity index (χ1v) is 10.3. The summed E-state index contributed by atoms with van der Waals surface area (Å²) in [5, 5.41) is 1.01. The molecule has 0 radical (unpaired) electrons. The van der Waals surface area contributed by atoms with Gasteiger partial charge in [0.25, 0.3) is 0 Å². The number of benzene rings is 2. The van der Waals surface area contributed by atoms with Crippen LogP contribution in [0.5, 0.6) is 11.5 Å². The fourth-order valence-electron chi connectivity index (χ4n) is 2.72. The Hall–Kier alpha value is -1.05. The number of ether oxygens (including phenoxy) is 3. The fourth-order valence-corrected chi connectivity index (χ4v) is 3.89. The fraction of sp³-hybridized carbons (Fsp3) is 0.316. The monoisotopic (exact) mass is 489 g/mol. The van der Waals surface area contributed by atoms with Gasteiger partial charge in [0, 0.05) is 18.7 Å². The minimum absolute atomic E-state index is 0.332. The van der Waals surface area contributed by atoms with E-state index in [1.165, 1.54) is 0 Å². The van der Waals surface area contributed by atoms with Crippen LogP contribution in [0.25, 0.3) is 0 Å². The number of morpholine rings is 1. The van der Waals surface area contributed by atoms with E-state index < -0.39 is 0 Å². The number of thiocarbonyl (C=S) groups is 1. The first-order chi connectivity index (χ1) is 13.0. The van der Waals surface area contributed by atoms with Crippen molar-refractivity contribution in [3.05, 3.63) is 56.0 Å². The molecule has 0 spiro atoms. The van der Waals surface area contributed by atoms with Gasteiger partial charge in [-0.25, -0.2) is 0 Å². The molecule has 1 aliphatic heterocycles. The number of hydrogen-bond donors (Lipinski definition) is 0. The Morgan fingerprint density at radius 3 is 2.59 bits per heavy atom. The van der Waals surface area contributed by atoms with E-state index in [2.05, 4.69) is 20.8 Å². The number of hydrogen-bond acceptors (Lipinski definition) is 4. The summed E-state index contributed by atoms with van der Waals surface area (Å²) in [6, 6.07) is 9.25. The molecule has 1 fully saturated rings. The predicted octanol–water partition coefficient (Wildman–Crippen LogP) is 5.35. The molecule has 0 amide bonds. The Balaban J connectivity index is 1.79. The van der Waals surface area contributed by atoms with Crippen LogP contribution in [-0.2, 0) is 11.3 Å². The lowest BCUT2D eigenvalue weighted by Gasteiger charge is -2.29. The summed E-state index contributed by atoms with van der Waals surface area (Å²) in [5.41, 5.74) is 1.81. The van der Waals surface area contributed by atoms with E-state index in [1.807, 2.05) is 18.2 Å². The number of rotatable bonds is 5. The lowest BCUT2D eigenvalue weighted by Crippen LogP contribution is -2.40. The molecule has 3 rings (SSSR count). The third-order valence-corrected chi connectivity index (χ3v) is 5.96. The molecule has 1 aliphatic rings. The maximum Gasteiger partial charge on any atom is 0.175 e. The van der Waals surface area contributed by atoms with Crippen molar-refractivity contribution in [2.75, 3.05) is 33.4 Å². The van der Waals surface area contributed by atoms with E-state index in [-0.39, 0.29) is 0 Å². The van der Waals surface area contributed by atoms with E-state index in [4.69, 9.17) is 49.6 Å². The smallest absolute Gasteiger partial charge is 0.175 e. The third-order valence-electron chi connectivity index (χ3n) is 4.14. The van der Waals surface area contributed by atoms with Gasteiger partial charge in [0.2, 0.25) is 0 Å². The van der Waals surface area contributed by atoms with Gasteiger partial charge in [-0.1, -0.05) is 41.5 Å². The van der Waals surface area contributed by atoms with Crippen molar-refractivity contribution in [1.29, 1.82) is 0 Å². The van der Waals surface area contributed by atoms with Gasteiger partial charge in [-0.15, -0.1) is 0 Å². The topological polar surface area (TPSA) is 30.9 Å². The van der Waals surface area contributed by atoms with Crippen LogP contribution >= 0.6 is 51.3 Å². The van der Waals surface area contributed by atoms with Crippen LogP contribution in [0.15, 0.2) is 34.8 Å². The SMILES string of the molecule is COc1cc(C(=S)N2CCOCC2)cc(Br)c1OCc1ccc(Cl)c(Cl)c1. The zero-order valence-electron chi connectivity index (χ0n) is 14.6. The molecule has 0 saturated carbocycles. The van der Waals surface area contributed by atoms with E-state index in [1.54, 1.807) is 19.2 Å². The highest BCUT2D eigenvalue weighted by Gasteiger charge is 2.19. The minimum atomic E-state index is 0.332. The van der Waals surface area contributed by atoms with Crippen molar-refractivity contribution in [1.82, 2.24) is 4.90 Å². The molecule has 2 aromatic rings. The molecule has 0 unspecified atom stereocenters. The van der Waals surface area contributed by atoms with Crippen LogP contribution in [0.3, 0.4) is 0 Å². The van der Waals surface area contributed by atoms with Gasteiger partial charge in [-0.3, -0.25) is 0 Å². The molecule has 27 heavy (non-hydrogen) atoms. The molecule has 2 aromatic carbocycles. The average Bonchev–Trinajstić information content (AvgIpc) is 2.69. The summed E-state index contributed by atoms with van der Waals surface area (Å²) in [4.78, 5) is 2.91. The third kappa shape index (κ3) is 5.06. The molecule has 0 bridgehead atoms. The quantitative estimate of drug-likeness (QED) is 0.527. The summed E-state index contributed by atoms with van der Waals surface area (Å²) < 4.78 is 17.7. The van der Waals surface area contributed by atoms with Crippen LogP contribution in [0.2, 0.25) is 10.0 Å². The van der Waals surface area contributed by atoms with Gasteiger partial charge in [-0.05, 0) is 45.8 Å². The van der Waals surface area contributed by atoms with Crippen molar-refractivity contribution >= 4 is 56.3 Å². The van der Waals surface area contributed by atoms with Crippen molar-refractivity contribution in [3.8, 4) is 11.5 Å². The van der Waals surface area contributed by atoms with Crippen LogP contribution < -0.4 is 9.47 Å². The maximum atomic E-state index is 6.07. The first kappa shape index (κ1) is 20.7. The Labute approximate surface area is 182 Å². The highest BCUT2D eigenvalue weighted by Crippen LogP contribution is 2.38. The Kier molecular flexibility index (Phi) is 7.22. The van der Waals surface area contributed by atoms with Gasteiger partial charge >= 0.3 is 0 Å². The van der Waals surface area contributed by atoms with Gasteiger partial charge in [0.1, 0.15) is 11.6 Å². The highest BCUT2D eigenvalue weighted by atomic mass is 79.9. The highest BCUT2D eigenvalue weighted by molar-refractivity contribution is 9.10. The summed E-state index contributed by atoms with van der Waals surface area (Å²) in [5.74, 6) is 1.21. The molecule has 0 N–H and O–H groups in total. The molecular weight excluding hydrogens is 473 g/mol. The summed E-state index contributed by atoms with van der Waals surface area (Å²) in [7, 11) is 1.61. The zero-order chi connectivity index (χ0) is 19.4. The second kappa shape index (κ2) is 9.43. The molecule has 8 heteroatoms. The normalized spacial score (nSPS) is 14.1. The number of methoxy groups -OCH3 is 1. The van der Waals surface area contributed by atoms with Gasteiger partial charge in [-0.2, -0.15) is 0 Å². The van der Waals surface area contributed by atoms with Crippen molar-refractivity contribution in [2.45, 2.75) is 6.61 Å². The Morgan fingerprint density at radius 2 is 1.93 bits per heavy atom. The first-order valence-electron chi connectivity index (χ1n) is 8.31. The largest absolute Gasteiger partial charge is 0.493 e. The second-order valence-electron chi connectivity index (χ2n) is 5.93. The van der Waals surface area contributed by atoms with Crippen LogP contribution in [0, 0.1) is 0 Å². The van der Waals surface area contributed by atoms with Gasteiger partial charge < -0.3 is 19.1 Å². The molecule has 1 heterocycles. The summed E-state index contributed by atoms with van der Waals surface area (Å²) in [6.45, 7) is 3.27. The van der Waals surface area contributed by atoms with Crippen molar-refractivity contribution < 1.29 is 14.2 Å². The molecule has 144 valence electrons. The van der Waals surface area contributed by atoms with Crippen LogP contribution in [-0.4, -0.2) is 43.3 Å². The summed E-state index contributed by atoms with van der Waals surface area (Å²) >= 11 is 21.2.